The molecule has 0 aliphatic heterocycles. The summed E-state index contributed by atoms with van der Waals surface area (Å²) in [6.45, 7) is 0. The lowest BCUT2D eigenvalue weighted by Crippen LogP contribution is -2.05. The maximum Gasteiger partial charge on any atom is 0.418 e. The van der Waals surface area contributed by atoms with Gasteiger partial charge in [0, 0.05) is 5.39 Å². The Morgan fingerprint density at radius 3 is 2.07 bits per heavy atom. The van der Waals surface area contributed by atoms with Gasteiger partial charge in [-0.25, -0.2) is 0 Å². The highest BCUT2D eigenvalue weighted by molar-refractivity contribution is 5.95. The lowest BCUT2D eigenvalue weighted by molar-refractivity contribution is -0.138. The molecule has 0 aliphatic rings. The van der Waals surface area contributed by atoms with Crippen molar-refractivity contribution < 1.29 is 36.2 Å². The van der Waals surface area contributed by atoms with Gasteiger partial charge in [-0.05, 0) is 29.3 Å². The minimum atomic E-state index is -4.68. The number of nitrogens with one attached hydrogen (secondary N) is 1. The fourth-order valence-corrected chi connectivity index (χ4v) is 2.92. The molecule has 0 amide bonds. The van der Waals surface area contributed by atoms with Gasteiger partial charge in [0.25, 0.3) is 0 Å². The molecule has 142 valence electrons. The Hall–Kier alpha value is -2.97. The van der Waals surface area contributed by atoms with E-state index in [1.165, 1.54) is 6.07 Å². The van der Waals surface area contributed by atoms with Crippen LogP contribution in [0, 0.1) is 0 Å². The van der Waals surface area contributed by atoms with Crippen LogP contribution in [-0.2, 0) is 23.6 Å². The molecule has 0 saturated heterocycles. The first-order chi connectivity index (χ1) is 12.5. The fraction of sp³-hybridized carbons (Fsp3) is 0.167. The molecule has 0 saturated carbocycles. The van der Waals surface area contributed by atoms with Crippen LogP contribution in [0.1, 0.15) is 16.7 Å². The quantitative estimate of drug-likeness (QED) is 0.583. The highest BCUT2D eigenvalue weighted by Gasteiger charge is 2.34. The zero-order valence-electron chi connectivity index (χ0n) is 13.4. The van der Waals surface area contributed by atoms with Crippen LogP contribution in [0.4, 0.5) is 26.3 Å². The lowest BCUT2D eigenvalue weighted by atomic mass is 10.0. The van der Waals surface area contributed by atoms with Crippen LogP contribution < -0.4 is 0 Å². The Morgan fingerprint density at radius 2 is 1.56 bits per heavy atom. The van der Waals surface area contributed by atoms with Crippen LogP contribution in [0.3, 0.4) is 0 Å². The molecule has 3 nitrogen and oxygen atoms in total. The van der Waals surface area contributed by atoms with Crippen LogP contribution in [-0.4, -0.2) is 16.1 Å². The first-order valence-electron chi connectivity index (χ1n) is 7.58. The number of carboxylic acids is 1. The third kappa shape index (κ3) is 3.62. The summed E-state index contributed by atoms with van der Waals surface area (Å²) >= 11 is 0. The monoisotopic (exact) mass is 387 g/mol. The van der Waals surface area contributed by atoms with E-state index in [1.807, 2.05) is 0 Å². The summed E-state index contributed by atoms with van der Waals surface area (Å²) in [5.74, 6) is -1.28. The van der Waals surface area contributed by atoms with Crippen LogP contribution in [0.5, 0.6) is 0 Å². The minimum Gasteiger partial charge on any atom is -0.481 e. The van der Waals surface area contributed by atoms with Gasteiger partial charge in [-0.15, -0.1) is 0 Å². The number of carboxylic acid groups (broad SMARTS) is 1. The van der Waals surface area contributed by atoms with Gasteiger partial charge in [0.2, 0.25) is 0 Å². The minimum absolute atomic E-state index is 0.0397. The number of aromatic amines is 1. The molecule has 3 aromatic rings. The fourth-order valence-electron chi connectivity index (χ4n) is 2.92. The van der Waals surface area contributed by atoms with Crippen molar-refractivity contribution in [2.24, 2.45) is 0 Å². The Bertz CT molecular complexity index is 1000. The number of halogens is 6. The Kier molecular flexibility index (Phi) is 4.41. The summed E-state index contributed by atoms with van der Waals surface area (Å²) in [4.78, 5) is 13.7. The van der Waals surface area contributed by atoms with Crippen molar-refractivity contribution in [1.29, 1.82) is 0 Å². The number of aromatic nitrogens is 1. The van der Waals surface area contributed by atoms with Crippen LogP contribution in [0.25, 0.3) is 22.2 Å². The molecule has 0 atom stereocenters. The van der Waals surface area contributed by atoms with E-state index in [4.69, 9.17) is 5.11 Å². The molecule has 1 heterocycles. The highest BCUT2D eigenvalue weighted by atomic mass is 19.4. The molecule has 0 radical (unpaired) electrons. The number of carbonyl (C=O) groups is 1. The largest absolute Gasteiger partial charge is 0.481 e. The Morgan fingerprint density at radius 1 is 0.926 bits per heavy atom. The van der Waals surface area contributed by atoms with Crippen molar-refractivity contribution in [1.82, 2.24) is 4.98 Å². The molecular formula is C18H11F6NO2. The zero-order chi connectivity index (χ0) is 20.0. The number of fused-ring (bicyclic) bond motifs is 1. The number of H-pyrrole nitrogens is 1. The summed E-state index contributed by atoms with van der Waals surface area (Å²) in [5, 5.41) is 9.17. The van der Waals surface area contributed by atoms with Gasteiger partial charge in [0.1, 0.15) is 0 Å². The smallest absolute Gasteiger partial charge is 0.418 e. The number of rotatable bonds is 3. The predicted octanol–water partition coefficient (Wildman–Crippen LogP) is 5.50. The van der Waals surface area contributed by atoms with Gasteiger partial charge in [0.15, 0.2) is 0 Å². The van der Waals surface area contributed by atoms with Crippen molar-refractivity contribution in [2.75, 3.05) is 0 Å². The van der Waals surface area contributed by atoms with Gasteiger partial charge in [-0.3, -0.25) is 4.79 Å². The molecule has 1 aromatic heterocycles. The second-order valence-corrected chi connectivity index (χ2v) is 5.85. The number of hydrogen-bond acceptors (Lipinski definition) is 1. The third-order valence-electron chi connectivity index (χ3n) is 4.08. The second-order valence-electron chi connectivity index (χ2n) is 5.85. The molecule has 0 bridgehead atoms. The molecule has 0 aliphatic carbocycles. The topological polar surface area (TPSA) is 53.1 Å². The standard InChI is InChI=1S/C18H11F6NO2/c19-17(20,21)10-6-4-9(5-7-10)15-12(8-14(26)27)11-2-1-3-13(16(11)25-15)18(22,23)24/h1-7,25H,8H2,(H,26,27). The van der Waals surface area contributed by atoms with E-state index in [0.29, 0.717) is 0 Å². The summed E-state index contributed by atoms with van der Waals surface area (Å²) in [7, 11) is 0. The van der Waals surface area contributed by atoms with Crippen LogP contribution in [0.2, 0.25) is 0 Å². The van der Waals surface area contributed by atoms with Gasteiger partial charge >= 0.3 is 18.3 Å². The number of hydrogen-bond donors (Lipinski definition) is 2. The Balaban J connectivity index is 2.24. The van der Waals surface area contributed by atoms with E-state index in [2.05, 4.69) is 4.98 Å². The molecule has 3 rings (SSSR count). The van der Waals surface area contributed by atoms with Crippen molar-refractivity contribution in [3.05, 3.63) is 59.2 Å². The highest BCUT2D eigenvalue weighted by Crippen LogP contribution is 2.39. The SMILES string of the molecule is O=C(O)Cc1c(-c2ccc(C(F)(F)F)cc2)[nH]c2c(C(F)(F)F)cccc12. The van der Waals surface area contributed by atoms with Crippen molar-refractivity contribution >= 4 is 16.9 Å². The van der Waals surface area contributed by atoms with E-state index >= 15 is 0 Å². The molecular weight excluding hydrogens is 376 g/mol. The van der Waals surface area contributed by atoms with E-state index in [9.17, 15) is 31.1 Å². The maximum atomic E-state index is 13.2. The summed E-state index contributed by atoms with van der Waals surface area (Å²) in [6.07, 6.45) is -9.83. The van der Waals surface area contributed by atoms with Crippen LogP contribution >= 0.6 is 0 Å². The molecule has 27 heavy (non-hydrogen) atoms. The second kappa shape index (κ2) is 6.33. The summed E-state index contributed by atoms with van der Waals surface area (Å²) in [5.41, 5.74) is -1.94. The molecule has 0 spiro atoms. The molecule has 2 N–H and O–H groups in total. The number of para-hydroxylation sites is 1. The first kappa shape index (κ1) is 18.8. The molecule has 0 unspecified atom stereocenters. The lowest BCUT2D eigenvalue weighted by Gasteiger charge is -2.08. The van der Waals surface area contributed by atoms with E-state index in [1.54, 1.807) is 0 Å². The zero-order valence-corrected chi connectivity index (χ0v) is 13.4. The normalized spacial score (nSPS) is 12.5. The van der Waals surface area contributed by atoms with Crippen molar-refractivity contribution in [3.63, 3.8) is 0 Å². The first-order valence-corrected chi connectivity index (χ1v) is 7.58. The van der Waals surface area contributed by atoms with Crippen LogP contribution in [0.15, 0.2) is 42.5 Å². The Labute approximate surface area is 148 Å². The molecule has 9 heteroatoms. The van der Waals surface area contributed by atoms with E-state index < -0.39 is 35.9 Å². The third-order valence-corrected chi connectivity index (χ3v) is 4.08. The molecule has 0 fully saturated rings. The maximum absolute atomic E-state index is 13.2. The van der Waals surface area contributed by atoms with Gasteiger partial charge < -0.3 is 10.1 Å². The molecule has 2 aromatic carbocycles. The van der Waals surface area contributed by atoms with Gasteiger partial charge in [0.05, 0.1) is 28.8 Å². The number of aliphatic carboxylic acids is 1. The van der Waals surface area contributed by atoms with Gasteiger partial charge in [-0.1, -0.05) is 24.3 Å². The average molecular weight is 387 g/mol. The predicted molar refractivity (Wildman–Crippen MR) is 85.1 cm³/mol. The summed E-state index contributed by atoms with van der Waals surface area (Å²) in [6, 6.07) is 7.10. The average Bonchev–Trinajstić information content (AvgIpc) is 2.91. The van der Waals surface area contributed by atoms with E-state index in [-0.39, 0.29) is 27.7 Å². The number of alkyl halides is 6. The van der Waals surface area contributed by atoms with Crippen molar-refractivity contribution in [3.8, 4) is 11.3 Å². The van der Waals surface area contributed by atoms with E-state index in [0.717, 1.165) is 36.4 Å². The number of benzene rings is 2. The van der Waals surface area contributed by atoms with Gasteiger partial charge in [-0.2, -0.15) is 26.3 Å². The van der Waals surface area contributed by atoms with Crippen molar-refractivity contribution in [2.45, 2.75) is 18.8 Å². The summed E-state index contributed by atoms with van der Waals surface area (Å²) < 4.78 is 77.9.